The molecule has 1 unspecified atom stereocenters. The lowest BCUT2D eigenvalue weighted by Crippen LogP contribution is -2.28. The van der Waals surface area contributed by atoms with Gasteiger partial charge < -0.3 is 20.1 Å². The fourth-order valence-corrected chi connectivity index (χ4v) is 3.74. The topological polar surface area (TPSA) is 59.6 Å². The van der Waals surface area contributed by atoms with E-state index in [1.54, 1.807) is 0 Å². The molecule has 2 N–H and O–H groups in total. The van der Waals surface area contributed by atoms with E-state index in [-0.39, 0.29) is 12.1 Å². The lowest BCUT2D eigenvalue weighted by atomic mass is 10.1. The summed E-state index contributed by atoms with van der Waals surface area (Å²) in [6.45, 7) is 1.38. The third-order valence-electron chi connectivity index (χ3n) is 4.25. The number of hydrogen-bond acceptors (Lipinski definition) is 5. The van der Waals surface area contributed by atoms with Crippen molar-refractivity contribution in [2.24, 2.45) is 0 Å². The van der Waals surface area contributed by atoms with Crippen LogP contribution in [0, 0.1) is 0 Å². The van der Waals surface area contributed by atoms with Crippen molar-refractivity contribution >= 4 is 23.9 Å². The van der Waals surface area contributed by atoms with Crippen LogP contribution in [0.5, 0.6) is 11.5 Å². The van der Waals surface area contributed by atoms with Crippen LogP contribution in [0.1, 0.15) is 11.1 Å². The minimum absolute atomic E-state index is 0.0455. The predicted octanol–water partition coefficient (Wildman–Crippen LogP) is 3.76. The molecule has 26 heavy (non-hydrogen) atoms. The Kier molecular flexibility index (Phi) is 5.13. The van der Waals surface area contributed by atoms with Gasteiger partial charge in [0.15, 0.2) is 0 Å². The molecule has 2 aliphatic rings. The molecule has 0 aromatic heterocycles. The molecule has 0 spiro atoms. The highest BCUT2D eigenvalue weighted by atomic mass is 32.2. The monoisotopic (exact) mass is 368 g/mol. The molecule has 0 aliphatic carbocycles. The summed E-state index contributed by atoms with van der Waals surface area (Å²) < 4.78 is 10.8. The molecule has 2 aromatic rings. The first-order valence-electron chi connectivity index (χ1n) is 8.59. The summed E-state index contributed by atoms with van der Waals surface area (Å²) in [5.74, 6) is 2.60. The number of ether oxygens (including phenoxy) is 2. The molecular weight excluding hydrogens is 348 g/mol. The fraction of sp³-hybridized carbons (Fsp3) is 0.250. The predicted molar refractivity (Wildman–Crippen MR) is 103 cm³/mol. The van der Waals surface area contributed by atoms with Gasteiger partial charge in [-0.2, -0.15) is 0 Å². The van der Waals surface area contributed by atoms with E-state index in [0.29, 0.717) is 6.61 Å². The van der Waals surface area contributed by atoms with E-state index < -0.39 is 0 Å². The van der Waals surface area contributed by atoms with Gasteiger partial charge in [-0.3, -0.25) is 0 Å². The Morgan fingerprint density at radius 2 is 1.85 bits per heavy atom. The van der Waals surface area contributed by atoms with E-state index in [4.69, 9.17) is 9.47 Å². The van der Waals surface area contributed by atoms with Gasteiger partial charge in [0.2, 0.25) is 0 Å². The average molecular weight is 368 g/mol. The Bertz CT molecular complexity index is 795. The molecule has 2 saturated heterocycles. The Hall–Kier alpha value is -2.44. The number of benzene rings is 2. The third-order valence-corrected chi connectivity index (χ3v) is 5.23. The molecule has 1 atom stereocenters. The SMILES string of the molecule is O=C1NC(Cc2ccc(Oc3ccc(C=C4CNCS4)cc3)cc2)CO1. The van der Waals surface area contributed by atoms with E-state index in [9.17, 15) is 4.79 Å². The van der Waals surface area contributed by atoms with Crippen LogP contribution >= 0.6 is 11.8 Å². The molecule has 134 valence electrons. The summed E-state index contributed by atoms with van der Waals surface area (Å²) in [6, 6.07) is 16.1. The van der Waals surface area contributed by atoms with Gasteiger partial charge in [0.05, 0.1) is 6.04 Å². The number of nitrogens with one attached hydrogen (secondary N) is 2. The summed E-state index contributed by atoms with van der Waals surface area (Å²) in [4.78, 5) is 12.4. The zero-order chi connectivity index (χ0) is 17.8. The highest BCUT2D eigenvalue weighted by Crippen LogP contribution is 2.25. The Labute approximate surface area is 156 Å². The molecule has 0 radical (unpaired) electrons. The first-order chi connectivity index (χ1) is 12.7. The number of carbonyl (C=O) groups excluding carboxylic acids is 1. The van der Waals surface area contributed by atoms with Gasteiger partial charge in [-0.1, -0.05) is 24.3 Å². The van der Waals surface area contributed by atoms with Crippen LogP contribution in [0.4, 0.5) is 4.79 Å². The molecule has 0 bridgehead atoms. The number of rotatable bonds is 5. The lowest BCUT2D eigenvalue weighted by Gasteiger charge is -2.09. The summed E-state index contributed by atoms with van der Waals surface area (Å²) in [5.41, 5.74) is 2.32. The second kappa shape index (κ2) is 7.85. The average Bonchev–Trinajstić information content (AvgIpc) is 3.30. The standard InChI is InChI=1S/C20H20N2O3S/c23-20-22-16(12-24-20)9-14-1-5-17(6-2-14)25-18-7-3-15(4-8-18)10-19-11-21-13-26-19/h1-8,10,16,21H,9,11-13H2,(H,22,23). The number of thioether (sulfide) groups is 1. The molecule has 1 amide bonds. The van der Waals surface area contributed by atoms with Gasteiger partial charge >= 0.3 is 6.09 Å². The molecule has 2 aromatic carbocycles. The Morgan fingerprint density at radius 3 is 2.46 bits per heavy atom. The molecular formula is C20H20N2O3S. The van der Waals surface area contributed by atoms with Crippen molar-refractivity contribution in [2.45, 2.75) is 12.5 Å². The van der Waals surface area contributed by atoms with Crippen LogP contribution in [0.3, 0.4) is 0 Å². The number of carbonyl (C=O) groups is 1. The normalized spacial score (nSPS) is 20.8. The van der Waals surface area contributed by atoms with Crippen LogP contribution in [0.2, 0.25) is 0 Å². The van der Waals surface area contributed by atoms with E-state index in [0.717, 1.165) is 35.9 Å². The van der Waals surface area contributed by atoms with E-state index in [1.165, 1.54) is 10.5 Å². The second-order valence-corrected chi connectivity index (χ2v) is 7.39. The summed E-state index contributed by atoms with van der Waals surface area (Å²) in [6.07, 6.45) is 2.62. The van der Waals surface area contributed by atoms with Gasteiger partial charge in [0.25, 0.3) is 0 Å². The van der Waals surface area contributed by atoms with Crippen molar-refractivity contribution in [1.82, 2.24) is 10.6 Å². The van der Waals surface area contributed by atoms with Crippen molar-refractivity contribution < 1.29 is 14.3 Å². The van der Waals surface area contributed by atoms with Gasteiger partial charge in [0, 0.05) is 17.3 Å². The number of cyclic esters (lactones) is 1. The summed E-state index contributed by atoms with van der Waals surface area (Å²) in [5, 5.41) is 6.09. The fourth-order valence-electron chi connectivity index (χ4n) is 2.93. The van der Waals surface area contributed by atoms with Crippen molar-refractivity contribution in [3.05, 3.63) is 64.6 Å². The van der Waals surface area contributed by atoms with Gasteiger partial charge in [0.1, 0.15) is 18.1 Å². The third kappa shape index (κ3) is 4.39. The zero-order valence-electron chi connectivity index (χ0n) is 14.2. The molecule has 2 heterocycles. The van der Waals surface area contributed by atoms with Gasteiger partial charge in [-0.25, -0.2) is 4.79 Å². The molecule has 6 heteroatoms. The van der Waals surface area contributed by atoms with E-state index >= 15 is 0 Å². The zero-order valence-corrected chi connectivity index (χ0v) is 15.1. The molecule has 5 nitrogen and oxygen atoms in total. The second-order valence-electron chi connectivity index (χ2n) is 6.28. The lowest BCUT2D eigenvalue weighted by molar-refractivity contribution is 0.177. The number of hydrogen-bond donors (Lipinski definition) is 2. The smallest absolute Gasteiger partial charge is 0.407 e. The highest BCUT2D eigenvalue weighted by molar-refractivity contribution is 8.03. The van der Waals surface area contributed by atoms with Gasteiger partial charge in [-0.15, -0.1) is 11.8 Å². The van der Waals surface area contributed by atoms with Crippen LogP contribution in [-0.4, -0.2) is 31.2 Å². The highest BCUT2D eigenvalue weighted by Gasteiger charge is 2.22. The number of amides is 1. The maximum Gasteiger partial charge on any atom is 0.407 e. The minimum Gasteiger partial charge on any atom is -0.457 e. The molecule has 0 saturated carbocycles. The van der Waals surface area contributed by atoms with Crippen molar-refractivity contribution in [3.8, 4) is 11.5 Å². The van der Waals surface area contributed by atoms with Crippen LogP contribution in [0.15, 0.2) is 53.4 Å². The van der Waals surface area contributed by atoms with Crippen LogP contribution < -0.4 is 15.4 Å². The van der Waals surface area contributed by atoms with Crippen molar-refractivity contribution in [2.75, 3.05) is 19.0 Å². The summed E-state index contributed by atoms with van der Waals surface area (Å²) in [7, 11) is 0. The first kappa shape index (κ1) is 17.0. The Morgan fingerprint density at radius 1 is 1.12 bits per heavy atom. The first-order valence-corrected chi connectivity index (χ1v) is 9.57. The maximum absolute atomic E-state index is 11.1. The van der Waals surface area contributed by atoms with Crippen LogP contribution in [0.25, 0.3) is 6.08 Å². The number of alkyl carbamates (subject to hydrolysis) is 1. The van der Waals surface area contributed by atoms with Crippen molar-refractivity contribution in [1.29, 1.82) is 0 Å². The van der Waals surface area contributed by atoms with E-state index in [2.05, 4.69) is 28.8 Å². The molecule has 4 rings (SSSR count). The van der Waals surface area contributed by atoms with Crippen molar-refractivity contribution in [3.63, 3.8) is 0 Å². The van der Waals surface area contributed by atoms with Crippen LogP contribution in [-0.2, 0) is 11.2 Å². The molecule has 2 fully saturated rings. The Balaban J connectivity index is 1.34. The van der Waals surface area contributed by atoms with E-state index in [1.807, 2.05) is 48.2 Å². The quantitative estimate of drug-likeness (QED) is 0.841. The summed E-state index contributed by atoms with van der Waals surface area (Å²) >= 11 is 1.84. The largest absolute Gasteiger partial charge is 0.457 e. The maximum atomic E-state index is 11.1. The molecule has 2 aliphatic heterocycles. The minimum atomic E-state index is -0.336. The van der Waals surface area contributed by atoms with Gasteiger partial charge in [-0.05, 0) is 47.9 Å².